The molecule has 3 nitrogen and oxygen atoms in total. The number of hydrogen-bond donors (Lipinski definition) is 0. The Labute approximate surface area is 116 Å². The number of aryl methyl sites for hydroxylation is 1. The molecule has 0 atom stereocenters. The largest absolute Gasteiger partial charge is 0.304 e. The molecule has 2 aromatic carbocycles. The molecule has 2 aromatic heterocycles. The average molecular weight is 260 g/mol. The zero-order chi connectivity index (χ0) is 13.3. The Balaban J connectivity index is 2.01. The van der Waals surface area contributed by atoms with Crippen LogP contribution in [-0.2, 0) is 13.6 Å². The van der Waals surface area contributed by atoms with Crippen LogP contribution in [0.15, 0.2) is 54.9 Å². The predicted molar refractivity (Wildman–Crippen MR) is 78.6 cm³/mol. The van der Waals surface area contributed by atoms with Crippen LogP contribution in [-0.4, -0.2) is 8.97 Å². The molecule has 96 valence electrons. The van der Waals surface area contributed by atoms with Gasteiger partial charge in [-0.15, -0.1) is 0 Å². The number of nitrogens with zero attached hydrogens (tertiary/aromatic N) is 3. The summed E-state index contributed by atoms with van der Waals surface area (Å²) in [6.07, 6.45) is 2.23. The third-order valence-corrected chi connectivity index (χ3v) is 4.42. The van der Waals surface area contributed by atoms with Crippen molar-refractivity contribution >= 4 is 16.7 Å². The van der Waals surface area contributed by atoms with Crippen LogP contribution in [0.5, 0.6) is 0 Å². The molecule has 1 aliphatic heterocycles. The van der Waals surface area contributed by atoms with E-state index in [1.807, 2.05) is 0 Å². The van der Waals surface area contributed by atoms with Gasteiger partial charge in [-0.1, -0.05) is 36.4 Å². The lowest BCUT2D eigenvalue weighted by atomic mass is 10.1. The van der Waals surface area contributed by atoms with Crippen molar-refractivity contribution in [1.82, 2.24) is 8.97 Å². The molecule has 3 heterocycles. The van der Waals surface area contributed by atoms with Gasteiger partial charge < -0.3 is 4.57 Å². The summed E-state index contributed by atoms with van der Waals surface area (Å²) in [7, 11) is 2.15. The number of aromatic nitrogens is 3. The highest BCUT2D eigenvalue weighted by atomic mass is 15.2. The zero-order valence-corrected chi connectivity index (χ0v) is 11.2. The van der Waals surface area contributed by atoms with E-state index in [0.717, 1.165) is 6.54 Å². The molecule has 0 saturated heterocycles. The summed E-state index contributed by atoms with van der Waals surface area (Å²) in [6.45, 7) is 0.974. The third-order valence-electron chi connectivity index (χ3n) is 4.42. The maximum Gasteiger partial charge on any atom is 0.255 e. The fraction of sp³-hybridized carbons (Fsp3) is 0.118. The van der Waals surface area contributed by atoms with E-state index in [2.05, 4.69) is 75.4 Å². The van der Waals surface area contributed by atoms with Crippen LogP contribution in [0.25, 0.3) is 27.9 Å². The first kappa shape index (κ1) is 10.3. The second-order valence-corrected chi connectivity index (χ2v) is 5.49. The van der Waals surface area contributed by atoms with E-state index in [4.69, 9.17) is 0 Å². The lowest BCUT2D eigenvalue weighted by Gasteiger charge is -1.95. The number of benzene rings is 2. The fourth-order valence-corrected chi connectivity index (χ4v) is 3.52. The molecule has 0 saturated carbocycles. The van der Waals surface area contributed by atoms with E-state index in [-0.39, 0.29) is 0 Å². The summed E-state index contributed by atoms with van der Waals surface area (Å²) < 4.78 is 6.95. The van der Waals surface area contributed by atoms with Crippen molar-refractivity contribution in [1.29, 1.82) is 0 Å². The molecular weight excluding hydrogens is 246 g/mol. The van der Waals surface area contributed by atoms with Crippen molar-refractivity contribution < 1.29 is 4.57 Å². The van der Waals surface area contributed by atoms with Crippen molar-refractivity contribution in [2.24, 2.45) is 7.05 Å². The Morgan fingerprint density at radius 2 is 1.70 bits per heavy atom. The normalized spacial score (nSPS) is 13.1. The van der Waals surface area contributed by atoms with E-state index in [1.54, 1.807) is 0 Å². The Hall–Kier alpha value is -2.55. The maximum absolute atomic E-state index is 2.35. The van der Waals surface area contributed by atoms with Gasteiger partial charge in [-0.3, -0.25) is 0 Å². The molecule has 20 heavy (non-hydrogen) atoms. The van der Waals surface area contributed by atoms with Crippen molar-refractivity contribution in [3.8, 4) is 11.3 Å². The summed E-state index contributed by atoms with van der Waals surface area (Å²) in [5.41, 5.74) is 7.92. The van der Waals surface area contributed by atoms with Gasteiger partial charge in [-0.05, 0) is 12.1 Å². The monoisotopic (exact) mass is 260 g/mol. The minimum Gasteiger partial charge on any atom is -0.304 e. The highest BCUT2D eigenvalue weighted by Crippen LogP contribution is 2.33. The van der Waals surface area contributed by atoms with Crippen LogP contribution >= 0.6 is 0 Å². The number of imidazole rings is 2. The summed E-state index contributed by atoms with van der Waals surface area (Å²) in [4.78, 5) is 0. The maximum atomic E-state index is 2.35. The molecular formula is C17H14N3+. The number of hydrogen-bond acceptors (Lipinski definition) is 0. The van der Waals surface area contributed by atoms with Gasteiger partial charge in [-0.25, -0.2) is 4.57 Å². The Morgan fingerprint density at radius 1 is 0.950 bits per heavy atom. The van der Waals surface area contributed by atoms with Crippen LogP contribution in [0.3, 0.4) is 0 Å². The van der Waals surface area contributed by atoms with Crippen LogP contribution in [0.1, 0.15) is 5.56 Å². The van der Waals surface area contributed by atoms with E-state index in [9.17, 15) is 0 Å². The van der Waals surface area contributed by atoms with Crippen LogP contribution in [0.2, 0.25) is 0 Å². The van der Waals surface area contributed by atoms with Gasteiger partial charge in [0.05, 0.1) is 5.52 Å². The third kappa shape index (κ3) is 1.05. The minimum absolute atomic E-state index is 0.974. The standard InChI is InChI=1S/C17H14N3/c1-18-14-8-4-5-9-15(14)20-11-19-10-12-6-2-3-7-13(12)16(19)17(18)20/h2-9,11H,10H2,1H3/q+1. The number of fused-ring (bicyclic) bond motifs is 7. The van der Waals surface area contributed by atoms with Crippen molar-refractivity contribution in [3.05, 3.63) is 60.4 Å². The first-order valence-electron chi connectivity index (χ1n) is 6.91. The van der Waals surface area contributed by atoms with Crippen molar-refractivity contribution in [3.63, 3.8) is 0 Å². The SMILES string of the molecule is Cn1c2ccccc2n2c[n+]3c(c12)-c1ccccc1C3. The minimum atomic E-state index is 0.974. The van der Waals surface area contributed by atoms with Gasteiger partial charge in [0.25, 0.3) is 12.0 Å². The lowest BCUT2D eigenvalue weighted by molar-refractivity contribution is -0.671. The van der Waals surface area contributed by atoms with Gasteiger partial charge >= 0.3 is 0 Å². The topological polar surface area (TPSA) is 13.2 Å². The first-order chi connectivity index (χ1) is 9.84. The van der Waals surface area contributed by atoms with E-state index in [1.165, 1.54) is 33.5 Å². The molecule has 0 unspecified atom stereocenters. The number of para-hydroxylation sites is 2. The first-order valence-corrected chi connectivity index (χ1v) is 6.91. The molecule has 0 spiro atoms. The molecule has 1 aliphatic rings. The van der Waals surface area contributed by atoms with Crippen LogP contribution in [0, 0.1) is 0 Å². The Kier molecular flexibility index (Phi) is 1.70. The van der Waals surface area contributed by atoms with Gasteiger partial charge in [0.15, 0.2) is 5.52 Å². The molecule has 0 radical (unpaired) electrons. The van der Waals surface area contributed by atoms with Gasteiger partial charge in [-0.2, -0.15) is 4.40 Å². The fourth-order valence-electron chi connectivity index (χ4n) is 3.52. The molecule has 0 aliphatic carbocycles. The van der Waals surface area contributed by atoms with E-state index in [0.29, 0.717) is 0 Å². The van der Waals surface area contributed by atoms with E-state index >= 15 is 0 Å². The zero-order valence-electron chi connectivity index (χ0n) is 11.2. The Bertz CT molecular complexity index is 988. The van der Waals surface area contributed by atoms with Gasteiger partial charge in [0.1, 0.15) is 6.54 Å². The summed E-state index contributed by atoms with van der Waals surface area (Å²) in [6, 6.07) is 17.3. The molecule has 0 N–H and O–H groups in total. The van der Waals surface area contributed by atoms with E-state index < -0.39 is 0 Å². The quantitative estimate of drug-likeness (QED) is 0.380. The Morgan fingerprint density at radius 3 is 2.60 bits per heavy atom. The smallest absolute Gasteiger partial charge is 0.255 e. The number of rotatable bonds is 0. The summed E-state index contributed by atoms with van der Waals surface area (Å²) in [5, 5.41) is 0. The molecule has 0 bridgehead atoms. The molecule has 3 heteroatoms. The van der Waals surface area contributed by atoms with Gasteiger partial charge in [0.2, 0.25) is 5.69 Å². The molecule has 5 rings (SSSR count). The predicted octanol–water partition coefficient (Wildman–Crippen LogP) is 2.75. The van der Waals surface area contributed by atoms with Crippen LogP contribution in [0.4, 0.5) is 0 Å². The highest BCUT2D eigenvalue weighted by Gasteiger charge is 2.31. The van der Waals surface area contributed by atoms with Crippen LogP contribution < -0.4 is 4.57 Å². The summed E-state index contributed by atoms with van der Waals surface area (Å²) >= 11 is 0. The average Bonchev–Trinajstić information content (AvgIpc) is 3.08. The van der Waals surface area contributed by atoms with Gasteiger partial charge in [0, 0.05) is 18.2 Å². The molecule has 0 amide bonds. The lowest BCUT2D eigenvalue weighted by Crippen LogP contribution is -2.29. The second kappa shape index (κ2) is 3.31. The molecule has 0 fully saturated rings. The molecule has 4 aromatic rings. The summed E-state index contributed by atoms with van der Waals surface area (Å²) in [5.74, 6) is 0. The van der Waals surface area contributed by atoms with Crippen molar-refractivity contribution in [2.45, 2.75) is 6.54 Å². The highest BCUT2D eigenvalue weighted by molar-refractivity contribution is 5.87. The second-order valence-electron chi connectivity index (χ2n) is 5.49. The van der Waals surface area contributed by atoms with Crippen molar-refractivity contribution in [2.75, 3.05) is 0 Å².